The van der Waals surface area contributed by atoms with Gasteiger partial charge in [-0.05, 0) is 0 Å². The number of hydrogen-bond donors (Lipinski definition) is 0. The molecule has 0 amide bonds. The molecule has 0 bridgehead atoms. The monoisotopic (exact) mass is 299 g/mol. The zero-order chi connectivity index (χ0) is 5.11. The van der Waals surface area contributed by atoms with E-state index in [1.807, 2.05) is 0 Å². The van der Waals surface area contributed by atoms with Gasteiger partial charge in [-0.15, -0.1) is 6.42 Å². The van der Waals surface area contributed by atoms with Crippen molar-refractivity contribution in [1.29, 1.82) is 0 Å². The first-order valence-corrected chi connectivity index (χ1v) is 2.69. The van der Waals surface area contributed by atoms with Gasteiger partial charge in [0.25, 0.3) is 0 Å². The standard InChI is InChI=1S/C7H9.2BrH.Ti/c1-2-7-5-3-4-6-7;;;/h3,5H,2,4H2,1H3;2*1H;/q-1;;;+3/p-2. The molecule has 3 heteroatoms. The van der Waals surface area contributed by atoms with Gasteiger partial charge in [-0.1, -0.05) is 13.3 Å². The molecule has 1 radical (unpaired) electrons. The Hall–Kier alpha value is 1.15. The molecule has 0 fully saturated rings. The van der Waals surface area contributed by atoms with E-state index in [0.717, 1.165) is 12.8 Å². The van der Waals surface area contributed by atoms with Gasteiger partial charge >= 0.3 is 21.7 Å². The molecule has 10 heavy (non-hydrogen) atoms. The van der Waals surface area contributed by atoms with E-state index >= 15 is 0 Å². The summed E-state index contributed by atoms with van der Waals surface area (Å²) in [6, 6.07) is 0. The smallest absolute Gasteiger partial charge is 1.00 e. The van der Waals surface area contributed by atoms with Gasteiger partial charge in [-0.3, -0.25) is 6.08 Å². The summed E-state index contributed by atoms with van der Waals surface area (Å²) in [6.07, 6.45) is 9.65. The second kappa shape index (κ2) is 10.2. The molecule has 0 saturated heterocycles. The van der Waals surface area contributed by atoms with E-state index in [9.17, 15) is 0 Å². The minimum absolute atomic E-state index is 0. The van der Waals surface area contributed by atoms with Crippen LogP contribution < -0.4 is 34.0 Å². The van der Waals surface area contributed by atoms with Crippen LogP contribution in [0.1, 0.15) is 19.8 Å². The Morgan fingerprint density at radius 3 is 2.30 bits per heavy atom. The van der Waals surface area contributed by atoms with Crippen molar-refractivity contribution in [2.45, 2.75) is 19.8 Å². The molecule has 0 aromatic heterocycles. The first-order chi connectivity index (χ1) is 3.43. The Balaban J connectivity index is -0.000000163. The SMILES string of the molecule is CCC1=[C-]CC=C1.[Br-].[Br-].[Ti+3]. The van der Waals surface area contributed by atoms with Gasteiger partial charge in [-0.25, -0.2) is 11.6 Å². The zero-order valence-electron chi connectivity index (χ0n) is 5.82. The fourth-order valence-corrected chi connectivity index (χ4v) is 0.693. The van der Waals surface area contributed by atoms with Crippen LogP contribution in [0.4, 0.5) is 0 Å². The second-order valence-electron chi connectivity index (χ2n) is 1.66. The molecule has 1 aliphatic rings. The largest absolute Gasteiger partial charge is 3.00 e. The summed E-state index contributed by atoms with van der Waals surface area (Å²) >= 11 is 0. The fourth-order valence-electron chi connectivity index (χ4n) is 0.693. The Morgan fingerprint density at radius 1 is 1.50 bits per heavy atom. The van der Waals surface area contributed by atoms with E-state index in [-0.39, 0.29) is 55.7 Å². The van der Waals surface area contributed by atoms with E-state index < -0.39 is 0 Å². The maximum absolute atomic E-state index is 3.21. The molecule has 0 aromatic rings. The first kappa shape index (κ1) is 17.3. The second-order valence-corrected chi connectivity index (χ2v) is 1.66. The Bertz CT molecular complexity index is 119. The van der Waals surface area contributed by atoms with Crippen LogP contribution >= 0.6 is 0 Å². The van der Waals surface area contributed by atoms with Crippen molar-refractivity contribution in [1.82, 2.24) is 0 Å². The Labute approximate surface area is 98.6 Å². The van der Waals surface area contributed by atoms with Crippen molar-refractivity contribution in [2.75, 3.05) is 0 Å². The minimum Gasteiger partial charge on any atom is -1.00 e. The van der Waals surface area contributed by atoms with Crippen molar-refractivity contribution in [3.8, 4) is 0 Å². The van der Waals surface area contributed by atoms with Gasteiger partial charge in [0, 0.05) is 0 Å². The minimum atomic E-state index is 0. The molecule has 1 aliphatic carbocycles. The van der Waals surface area contributed by atoms with Crippen molar-refractivity contribution in [3.05, 3.63) is 23.8 Å². The van der Waals surface area contributed by atoms with Crippen LogP contribution in [0.15, 0.2) is 17.7 Å². The summed E-state index contributed by atoms with van der Waals surface area (Å²) in [4.78, 5) is 0. The predicted molar refractivity (Wildman–Crippen MR) is 30.8 cm³/mol. The maximum Gasteiger partial charge on any atom is 3.00 e. The summed E-state index contributed by atoms with van der Waals surface area (Å²) in [5.41, 5.74) is 1.36. The topological polar surface area (TPSA) is 0 Å². The van der Waals surface area contributed by atoms with Crippen LogP contribution in [0.2, 0.25) is 0 Å². The molecular formula is C7H9Br2Ti. The van der Waals surface area contributed by atoms with E-state index in [4.69, 9.17) is 0 Å². The molecule has 0 nitrogen and oxygen atoms in total. The van der Waals surface area contributed by atoms with Gasteiger partial charge in [0.15, 0.2) is 0 Å². The van der Waals surface area contributed by atoms with Crippen LogP contribution in [0, 0.1) is 6.08 Å². The average Bonchev–Trinajstić information content (AvgIpc) is 2.14. The summed E-state index contributed by atoms with van der Waals surface area (Å²) in [7, 11) is 0. The maximum atomic E-state index is 3.21. The number of halogens is 2. The number of allylic oxidation sites excluding steroid dienone is 4. The molecule has 55 valence electrons. The van der Waals surface area contributed by atoms with Crippen molar-refractivity contribution in [2.24, 2.45) is 0 Å². The van der Waals surface area contributed by atoms with Crippen molar-refractivity contribution < 1.29 is 55.7 Å². The predicted octanol–water partition coefficient (Wildman–Crippen LogP) is -3.91. The van der Waals surface area contributed by atoms with Crippen LogP contribution in [0.25, 0.3) is 0 Å². The molecule has 0 N–H and O–H groups in total. The molecule has 0 aliphatic heterocycles. The Morgan fingerprint density at radius 2 is 2.10 bits per heavy atom. The van der Waals surface area contributed by atoms with Crippen molar-refractivity contribution >= 4 is 0 Å². The molecule has 0 saturated carbocycles. The van der Waals surface area contributed by atoms with E-state index in [1.54, 1.807) is 0 Å². The molecule has 0 aromatic carbocycles. The third-order valence-electron chi connectivity index (χ3n) is 1.15. The van der Waals surface area contributed by atoms with Crippen LogP contribution in [0.3, 0.4) is 0 Å². The van der Waals surface area contributed by atoms with Gasteiger partial charge < -0.3 is 34.0 Å². The average molecular weight is 301 g/mol. The number of hydrogen-bond acceptors (Lipinski definition) is 0. The first-order valence-electron chi connectivity index (χ1n) is 2.69. The summed E-state index contributed by atoms with van der Waals surface area (Å²) in [5, 5.41) is 0. The molecular weight excluding hydrogens is 292 g/mol. The molecule has 0 heterocycles. The molecule has 0 spiro atoms. The van der Waals surface area contributed by atoms with Crippen LogP contribution in [0.5, 0.6) is 0 Å². The Kier molecular flexibility index (Phi) is 17.6. The van der Waals surface area contributed by atoms with Crippen LogP contribution in [-0.4, -0.2) is 0 Å². The quantitative estimate of drug-likeness (QED) is 0.343. The van der Waals surface area contributed by atoms with Gasteiger partial charge in [-0.2, -0.15) is 6.08 Å². The van der Waals surface area contributed by atoms with Gasteiger partial charge in [0.05, 0.1) is 0 Å². The van der Waals surface area contributed by atoms with Crippen molar-refractivity contribution in [3.63, 3.8) is 0 Å². The summed E-state index contributed by atoms with van der Waals surface area (Å²) < 4.78 is 0. The third-order valence-corrected chi connectivity index (χ3v) is 1.15. The van der Waals surface area contributed by atoms with E-state index in [1.165, 1.54) is 5.57 Å². The summed E-state index contributed by atoms with van der Waals surface area (Å²) in [6.45, 7) is 2.15. The molecule has 0 atom stereocenters. The van der Waals surface area contributed by atoms with Gasteiger partial charge in [0.2, 0.25) is 0 Å². The normalized spacial score (nSPS) is 12.3. The third kappa shape index (κ3) is 5.90. The van der Waals surface area contributed by atoms with Gasteiger partial charge in [0.1, 0.15) is 0 Å². The summed E-state index contributed by atoms with van der Waals surface area (Å²) in [5.74, 6) is 0. The van der Waals surface area contributed by atoms with E-state index in [0.29, 0.717) is 0 Å². The number of rotatable bonds is 1. The fraction of sp³-hybridized carbons (Fsp3) is 0.429. The van der Waals surface area contributed by atoms with E-state index in [2.05, 4.69) is 25.2 Å². The van der Waals surface area contributed by atoms with Crippen LogP contribution in [-0.2, 0) is 21.7 Å². The molecule has 0 unspecified atom stereocenters. The zero-order valence-corrected chi connectivity index (χ0v) is 10.6. The molecule has 1 rings (SSSR count).